The number of aliphatic hydroxyl groups excluding tert-OH is 1. The Bertz CT molecular complexity index is 201. The van der Waals surface area contributed by atoms with Crippen LogP contribution in [0.25, 0.3) is 0 Å². The largest absolute Gasteiger partial charge is 0.463 e. The summed E-state index contributed by atoms with van der Waals surface area (Å²) >= 11 is 0. The Kier molecular flexibility index (Phi) is 3.93. The zero-order valence-corrected chi connectivity index (χ0v) is 9.19. The van der Waals surface area contributed by atoms with Crippen LogP contribution in [-0.2, 0) is 9.53 Å². The van der Waals surface area contributed by atoms with E-state index >= 15 is 0 Å². The molecule has 0 aromatic rings. The summed E-state index contributed by atoms with van der Waals surface area (Å²) in [6.07, 6.45) is 2.25. The summed E-state index contributed by atoms with van der Waals surface area (Å²) in [4.78, 5) is 11.5. The first kappa shape index (κ1) is 11.5. The van der Waals surface area contributed by atoms with Gasteiger partial charge >= 0.3 is 5.97 Å². The van der Waals surface area contributed by atoms with Crippen LogP contribution >= 0.6 is 0 Å². The summed E-state index contributed by atoms with van der Waals surface area (Å²) in [7, 11) is 0. The highest BCUT2D eigenvalue weighted by Gasteiger charge is 2.32. The molecule has 0 spiro atoms. The maximum Gasteiger partial charge on any atom is 0.309 e. The van der Waals surface area contributed by atoms with Crippen molar-refractivity contribution >= 4 is 5.97 Å². The molecule has 14 heavy (non-hydrogen) atoms. The zero-order valence-electron chi connectivity index (χ0n) is 9.19. The summed E-state index contributed by atoms with van der Waals surface area (Å²) in [6.45, 7) is 5.61. The zero-order chi connectivity index (χ0) is 10.7. The van der Waals surface area contributed by atoms with Crippen LogP contribution in [0, 0.1) is 11.8 Å². The maximum absolute atomic E-state index is 11.5. The molecule has 3 heteroatoms. The van der Waals surface area contributed by atoms with Gasteiger partial charge in [0.05, 0.1) is 18.1 Å². The van der Waals surface area contributed by atoms with Crippen LogP contribution in [0.4, 0.5) is 0 Å². The lowest BCUT2D eigenvalue weighted by molar-refractivity contribution is -0.153. The van der Waals surface area contributed by atoms with Crippen LogP contribution in [0.1, 0.15) is 40.0 Å². The number of hydrogen-bond acceptors (Lipinski definition) is 3. The van der Waals surface area contributed by atoms with E-state index < -0.39 is 0 Å². The SMILES string of the molecule is CC(C)OC(=O)C(C)[C@@H]1CC[C@H](O)C1. The van der Waals surface area contributed by atoms with Gasteiger partial charge in [0, 0.05) is 0 Å². The first-order chi connectivity index (χ1) is 6.50. The van der Waals surface area contributed by atoms with Crippen molar-refractivity contribution in [3.05, 3.63) is 0 Å². The molecule has 82 valence electrons. The molecule has 3 nitrogen and oxygen atoms in total. The minimum atomic E-state index is -0.214. The molecule has 0 aromatic carbocycles. The van der Waals surface area contributed by atoms with Crippen molar-refractivity contribution in [3.63, 3.8) is 0 Å². The monoisotopic (exact) mass is 200 g/mol. The molecule has 0 radical (unpaired) electrons. The molecular formula is C11H20O3. The van der Waals surface area contributed by atoms with Gasteiger partial charge < -0.3 is 9.84 Å². The van der Waals surface area contributed by atoms with Gasteiger partial charge in [0.2, 0.25) is 0 Å². The fourth-order valence-electron chi connectivity index (χ4n) is 1.98. The summed E-state index contributed by atoms with van der Waals surface area (Å²) < 4.78 is 5.14. The number of hydrogen-bond donors (Lipinski definition) is 1. The highest BCUT2D eigenvalue weighted by atomic mass is 16.5. The molecule has 3 atom stereocenters. The third-order valence-electron chi connectivity index (χ3n) is 2.88. The molecule has 1 fully saturated rings. The molecule has 1 saturated carbocycles. The number of aliphatic hydroxyl groups is 1. The van der Waals surface area contributed by atoms with Crippen LogP contribution < -0.4 is 0 Å². The molecule has 1 N–H and O–H groups in total. The second-order valence-electron chi connectivity index (χ2n) is 4.50. The summed E-state index contributed by atoms with van der Waals surface area (Å²) in [5.41, 5.74) is 0. The van der Waals surface area contributed by atoms with Crippen molar-refractivity contribution < 1.29 is 14.6 Å². The average molecular weight is 200 g/mol. The molecule has 0 aliphatic heterocycles. The molecule has 0 aromatic heterocycles. The number of rotatable bonds is 3. The Morgan fingerprint density at radius 3 is 2.43 bits per heavy atom. The van der Waals surface area contributed by atoms with E-state index in [0.29, 0.717) is 5.92 Å². The Morgan fingerprint density at radius 2 is 2.00 bits per heavy atom. The van der Waals surface area contributed by atoms with Crippen molar-refractivity contribution in [2.24, 2.45) is 11.8 Å². The number of carbonyl (C=O) groups is 1. The van der Waals surface area contributed by atoms with E-state index in [1.807, 2.05) is 20.8 Å². The second-order valence-corrected chi connectivity index (χ2v) is 4.50. The molecule has 1 rings (SSSR count). The summed E-state index contributed by atoms with van der Waals surface area (Å²) in [6, 6.07) is 0. The van der Waals surface area contributed by atoms with E-state index in [0.717, 1.165) is 19.3 Å². The Balaban J connectivity index is 2.40. The van der Waals surface area contributed by atoms with Crippen LogP contribution in [0.2, 0.25) is 0 Å². The van der Waals surface area contributed by atoms with Gasteiger partial charge in [0.1, 0.15) is 0 Å². The van der Waals surface area contributed by atoms with E-state index in [4.69, 9.17) is 4.74 Å². The highest BCUT2D eigenvalue weighted by Crippen LogP contribution is 2.32. The molecule has 1 aliphatic rings. The van der Waals surface area contributed by atoms with Crippen molar-refractivity contribution in [1.82, 2.24) is 0 Å². The molecular weight excluding hydrogens is 180 g/mol. The predicted molar refractivity (Wildman–Crippen MR) is 53.7 cm³/mol. The van der Waals surface area contributed by atoms with Crippen LogP contribution in [0.3, 0.4) is 0 Å². The number of esters is 1. The van der Waals surface area contributed by atoms with Crippen molar-refractivity contribution in [2.45, 2.75) is 52.2 Å². The Morgan fingerprint density at radius 1 is 1.36 bits per heavy atom. The topological polar surface area (TPSA) is 46.5 Å². The van der Waals surface area contributed by atoms with E-state index in [-0.39, 0.29) is 24.1 Å². The normalized spacial score (nSPS) is 29.2. The fraction of sp³-hybridized carbons (Fsp3) is 0.909. The smallest absolute Gasteiger partial charge is 0.309 e. The van der Waals surface area contributed by atoms with Gasteiger partial charge in [-0.25, -0.2) is 0 Å². The van der Waals surface area contributed by atoms with E-state index in [9.17, 15) is 9.90 Å². The molecule has 1 aliphatic carbocycles. The van der Waals surface area contributed by atoms with Gasteiger partial charge in [0.15, 0.2) is 0 Å². The van der Waals surface area contributed by atoms with Crippen molar-refractivity contribution in [1.29, 1.82) is 0 Å². The number of ether oxygens (including phenoxy) is 1. The first-order valence-electron chi connectivity index (χ1n) is 5.39. The summed E-state index contributed by atoms with van der Waals surface area (Å²) in [5, 5.41) is 9.36. The lowest BCUT2D eigenvalue weighted by atomic mass is 9.92. The third-order valence-corrected chi connectivity index (χ3v) is 2.88. The van der Waals surface area contributed by atoms with Crippen molar-refractivity contribution in [2.75, 3.05) is 0 Å². The first-order valence-corrected chi connectivity index (χ1v) is 5.39. The minimum Gasteiger partial charge on any atom is -0.463 e. The van der Waals surface area contributed by atoms with Gasteiger partial charge in [0.25, 0.3) is 0 Å². The van der Waals surface area contributed by atoms with Gasteiger partial charge in [-0.1, -0.05) is 6.92 Å². The van der Waals surface area contributed by atoms with Gasteiger partial charge in [-0.15, -0.1) is 0 Å². The Labute approximate surface area is 85.5 Å². The van der Waals surface area contributed by atoms with Crippen LogP contribution in [0.5, 0.6) is 0 Å². The van der Waals surface area contributed by atoms with Crippen LogP contribution in [-0.4, -0.2) is 23.3 Å². The molecule has 0 heterocycles. The van der Waals surface area contributed by atoms with Gasteiger partial charge in [-0.2, -0.15) is 0 Å². The fourth-order valence-corrected chi connectivity index (χ4v) is 1.98. The molecule has 0 amide bonds. The predicted octanol–water partition coefficient (Wildman–Crippen LogP) is 1.74. The molecule has 0 bridgehead atoms. The standard InChI is InChI=1S/C11H20O3/c1-7(2)14-11(13)8(3)9-4-5-10(12)6-9/h7-10,12H,4-6H2,1-3H3/t8?,9-,10+/m1/s1. The van der Waals surface area contributed by atoms with Gasteiger partial charge in [-0.05, 0) is 39.0 Å². The van der Waals surface area contributed by atoms with E-state index in [2.05, 4.69) is 0 Å². The second kappa shape index (κ2) is 4.78. The lowest BCUT2D eigenvalue weighted by Gasteiger charge is -2.18. The quantitative estimate of drug-likeness (QED) is 0.706. The number of carbonyl (C=O) groups excluding carboxylic acids is 1. The average Bonchev–Trinajstić information content (AvgIpc) is 2.49. The highest BCUT2D eigenvalue weighted by molar-refractivity contribution is 5.72. The Hall–Kier alpha value is -0.570. The lowest BCUT2D eigenvalue weighted by Crippen LogP contribution is -2.24. The molecule has 0 saturated heterocycles. The van der Waals surface area contributed by atoms with Gasteiger partial charge in [-0.3, -0.25) is 4.79 Å². The maximum atomic E-state index is 11.5. The summed E-state index contributed by atoms with van der Waals surface area (Å²) in [5.74, 6) is 0.102. The minimum absolute atomic E-state index is 0.0451. The molecule has 1 unspecified atom stereocenters. The van der Waals surface area contributed by atoms with Crippen molar-refractivity contribution in [3.8, 4) is 0 Å². The van der Waals surface area contributed by atoms with E-state index in [1.165, 1.54) is 0 Å². The van der Waals surface area contributed by atoms with E-state index in [1.54, 1.807) is 0 Å². The van der Waals surface area contributed by atoms with Crippen LogP contribution in [0.15, 0.2) is 0 Å². The third kappa shape index (κ3) is 2.98.